The number of ether oxygens (including phenoxy) is 2. The third-order valence-electron chi connectivity index (χ3n) is 5.56. The van der Waals surface area contributed by atoms with Gasteiger partial charge in [-0.05, 0) is 67.9 Å². The number of nitrogens with zero attached hydrogens (tertiary/aromatic N) is 4. The molecule has 1 saturated heterocycles. The lowest BCUT2D eigenvalue weighted by atomic mass is 9.92. The smallest absolute Gasteiger partial charge is 0.410 e. The summed E-state index contributed by atoms with van der Waals surface area (Å²) in [5.74, 6) is 0.492. The van der Waals surface area contributed by atoms with Crippen LogP contribution in [0.25, 0.3) is 11.2 Å². The molecule has 0 atom stereocenters. The van der Waals surface area contributed by atoms with Crippen molar-refractivity contribution in [1.82, 2.24) is 19.4 Å². The maximum atomic E-state index is 12.3. The van der Waals surface area contributed by atoms with Gasteiger partial charge in [-0.1, -0.05) is 19.6 Å². The molecule has 0 unspecified atom stereocenters. The monoisotopic (exact) mass is 524 g/mol. The summed E-state index contributed by atoms with van der Waals surface area (Å²) in [6.07, 6.45) is 6.44. The number of fused-ring (bicyclic) bond motifs is 1. The molecule has 3 heterocycles. The van der Waals surface area contributed by atoms with Crippen LogP contribution in [0, 0.1) is 5.92 Å². The molecule has 7 nitrogen and oxygen atoms in total. The number of rotatable bonds is 7. The highest BCUT2D eigenvalue weighted by atomic mass is 79.9. The van der Waals surface area contributed by atoms with Gasteiger partial charge in [0.1, 0.15) is 17.8 Å². The molecular weight excluding hydrogens is 488 g/mol. The Kier molecular flexibility index (Phi) is 8.04. The van der Waals surface area contributed by atoms with E-state index < -0.39 is 13.7 Å². The molecule has 0 N–H and O–H groups in total. The van der Waals surface area contributed by atoms with E-state index in [1.165, 1.54) is 0 Å². The first-order valence-electron chi connectivity index (χ1n) is 11.5. The van der Waals surface area contributed by atoms with Crippen molar-refractivity contribution in [3.63, 3.8) is 0 Å². The molecule has 0 spiro atoms. The Morgan fingerprint density at radius 3 is 2.56 bits per heavy atom. The summed E-state index contributed by atoms with van der Waals surface area (Å²) in [4.78, 5) is 23.7. The zero-order chi connectivity index (χ0) is 23.5. The highest BCUT2D eigenvalue weighted by molar-refractivity contribution is 9.10. The van der Waals surface area contributed by atoms with E-state index >= 15 is 0 Å². The van der Waals surface area contributed by atoms with E-state index in [-0.39, 0.29) is 6.09 Å². The predicted octanol–water partition coefficient (Wildman–Crippen LogP) is 5.70. The minimum atomic E-state index is -1.09. The maximum absolute atomic E-state index is 12.3. The van der Waals surface area contributed by atoms with Gasteiger partial charge >= 0.3 is 6.09 Å². The number of aromatic nitrogens is 3. The molecule has 3 rings (SSSR count). The van der Waals surface area contributed by atoms with Crippen molar-refractivity contribution in [2.75, 3.05) is 19.7 Å². The van der Waals surface area contributed by atoms with E-state index in [1.807, 2.05) is 42.6 Å². The SMILES string of the molecule is CC(C)(C)OC(=O)N1CCC(Cc2cnc3c(n2)c(Br)cn3COCC[Si](C)(C)C)CC1. The molecule has 1 fully saturated rings. The molecule has 0 radical (unpaired) electrons. The van der Waals surface area contributed by atoms with Crippen molar-refractivity contribution < 1.29 is 14.3 Å². The van der Waals surface area contributed by atoms with Gasteiger partial charge in [0.2, 0.25) is 0 Å². The average molecular weight is 526 g/mol. The molecule has 1 aliphatic heterocycles. The van der Waals surface area contributed by atoms with Gasteiger partial charge in [-0.25, -0.2) is 14.8 Å². The van der Waals surface area contributed by atoms with Gasteiger partial charge in [-0.15, -0.1) is 0 Å². The van der Waals surface area contributed by atoms with Gasteiger partial charge in [-0.3, -0.25) is 0 Å². The fraction of sp³-hybridized carbons (Fsp3) is 0.696. The summed E-state index contributed by atoms with van der Waals surface area (Å²) < 4.78 is 14.3. The lowest BCUT2D eigenvalue weighted by Gasteiger charge is -2.33. The van der Waals surface area contributed by atoms with Crippen LogP contribution >= 0.6 is 15.9 Å². The molecule has 0 saturated carbocycles. The van der Waals surface area contributed by atoms with Crippen molar-refractivity contribution in [3.05, 3.63) is 22.6 Å². The Labute approximate surface area is 201 Å². The molecule has 1 aliphatic rings. The van der Waals surface area contributed by atoms with E-state index in [2.05, 4.69) is 35.6 Å². The Morgan fingerprint density at radius 1 is 1.25 bits per heavy atom. The zero-order valence-corrected chi connectivity index (χ0v) is 22.9. The van der Waals surface area contributed by atoms with Crippen molar-refractivity contribution in [1.29, 1.82) is 0 Å². The van der Waals surface area contributed by atoms with Crippen LogP contribution in [0.4, 0.5) is 4.79 Å². The number of likely N-dealkylation sites (tertiary alicyclic amines) is 1. The number of carbonyl (C=O) groups is 1. The molecule has 2 aromatic rings. The van der Waals surface area contributed by atoms with Gasteiger partial charge in [-0.2, -0.15) is 0 Å². The standard InChI is InChI=1S/C23H37BrN4O3Si/c1-23(2,3)31-22(29)27-9-7-17(8-10-27)13-18-14-25-21-20(26-18)19(24)15-28(21)16-30-11-12-32(4,5)6/h14-15,17H,7-13,16H2,1-6H3. The van der Waals surface area contributed by atoms with Gasteiger partial charge < -0.3 is 18.9 Å². The average Bonchev–Trinajstić information content (AvgIpc) is 2.99. The number of piperidine rings is 1. The molecule has 178 valence electrons. The van der Waals surface area contributed by atoms with Gasteiger partial charge in [0.05, 0.1) is 16.4 Å². The van der Waals surface area contributed by atoms with Crippen LogP contribution in [-0.4, -0.2) is 58.9 Å². The van der Waals surface area contributed by atoms with E-state index in [0.717, 1.165) is 66.3 Å². The predicted molar refractivity (Wildman–Crippen MR) is 134 cm³/mol. The van der Waals surface area contributed by atoms with Crippen molar-refractivity contribution in [3.8, 4) is 0 Å². The lowest BCUT2D eigenvalue weighted by molar-refractivity contribution is 0.0184. The summed E-state index contributed by atoms with van der Waals surface area (Å²) in [6.45, 7) is 15.5. The first kappa shape index (κ1) is 25.2. The van der Waals surface area contributed by atoms with E-state index in [0.29, 0.717) is 12.6 Å². The van der Waals surface area contributed by atoms with Crippen LogP contribution in [0.2, 0.25) is 25.7 Å². The number of carbonyl (C=O) groups excluding carboxylic acids is 1. The second-order valence-electron chi connectivity index (χ2n) is 10.9. The molecule has 0 bridgehead atoms. The molecule has 2 aromatic heterocycles. The molecule has 1 amide bonds. The quantitative estimate of drug-likeness (QED) is 0.343. The van der Waals surface area contributed by atoms with E-state index in [4.69, 9.17) is 19.4 Å². The second kappa shape index (κ2) is 10.2. The minimum absolute atomic E-state index is 0.213. The summed E-state index contributed by atoms with van der Waals surface area (Å²) in [5.41, 5.74) is 2.25. The fourth-order valence-electron chi connectivity index (χ4n) is 3.73. The normalized spacial score (nSPS) is 16.0. The molecular formula is C23H37BrN4O3Si. The Bertz CT molecular complexity index is 928. The number of hydrogen-bond acceptors (Lipinski definition) is 5. The van der Waals surface area contributed by atoms with Gasteiger partial charge in [0, 0.05) is 34.0 Å². The summed E-state index contributed by atoms with van der Waals surface area (Å²) in [7, 11) is -1.09. The highest BCUT2D eigenvalue weighted by Gasteiger charge is 2.27. The maximum Gasteiger partial charge on any atom is 0.410 e. The zero-order valence-electron chi connectivity index (χ0n) is 20.3. The van der Waals surface area contributed by atoms with E-state index in [9.17, 15) is 4.79 Å². The molecule has 0 aliphatic carbocycles. The van der Waals surface area contributed by atoms with Gasteiger partial charge in [0.15, 0.2) is 5.65 Å². The number of halogens is 1. The largest absolute Gasteiger partial charge is 0.444 e. The topological polar surface area (TPSA) is 69.5 Å². The molecule has 9 heteroatoms. The third-order valence-corrected chi connectivity index (χ3v) is 7.85. The summed E-state index contributed by atoms with van der Waals surface area (Å²) in [5, 5.41) is 0. The highest BCUT2D eigenvalue weighted by Crippen LogP contribution is 2.26. The first-order valence-corrected chi connectivity index (χ1v) is 16.0. The van der Waals surface area contributed by atoms with Gasteiger partial charge in [0.25, 0.3) is 0 Å². The van der Waals surface area contributed by atoms with E-state index in [1.54, 1.807) is 0 Å². The van der Waals surface area contributed by atoms with Crippen LogP contribution in [0.1, 0.15) is 39.3 Å². The van der Waals surface area contributed by atoms with Crippen molar-refractivity contribution >= 4 is 41.3 Å². The van der Waals surface area contributed by atoms with Crippen LogP contribution < -0.4 is 0 Å². The third kappa shape index (κ3) is 7.28. The first-order chi connectivity index (χ1) is 14.9. The Balaban J connectivity index is 1.55. The van der Waals surface area contributed by atoms with Crippen LogP contribution in [0.5, 0.6) is 0 Å². The second-order valence-corrected chi connectivity index (χ2v) is 17.4. The Morgan fingerprint density at radius 2 is 1.94 bits per heavy atom. The van der Waals surface area contributed by atoms with Crippen LogP contribution in [0.3, 0.4) is 0 Å². The lowest BCUT2D eigenvalue weighted by Crippen LogP contribution is -2.42. The Hall–Kier alpha value is -1.45. The fourth-order valence-corrected chi connectivity index (χ4v) is 5.00. The van der Waals surface area contributed by atoms with Crippen molar-refractivity contribution in [2.45, 2.75) is 78.1 Å². The summed E-state index contributed by atoms with van der Waals surface area (Å²) >= 11 is 3.64. The number of amides is 1. The minimum Gasteiger partial charge on any atom is -0.444 e. The molecule has 0 aromatic carbocycles. The van der Waals surface area contributed by atoms with Crippen LogP contribution in [-0.2, 0) is 22.6 Å². The van der Waals surface area contributed by atoms with Crippen LogP contribution in [0.15, 0.2) is 16.9 Å². The molecule has 32 heavy (non-hydrogen) atoms. The van der Waals surface area contributed by atoms with Crippen molar-refractivity contribution in [2.24, 2.45) is 5.92 Å². The summed E-state index contributed by atoms with van der Waals surface area (Å²) in [6, 6.07) is 1.15. The number of hydrogen-bond donors (Lipinski definition) is 0.